The monoisotopic (exact) mass is 520 g/mol. The molecule has 7 nitrogen and oxygen atoms in total. The smallest absolute Gasteiger partial charge is 0.241 e. The summed E-state index contributed by atoms with van der Waals surface area (Å²) < 4.78 is 12.0. The number of carbonyl (C=O) groups is 1. The van der Waals surface area contributed by atoms with Gasteiger partial charge in [-0.05, 0) is 61.4 Å². The average Bonchev–Trinajstić information content (AvgIpc) is 3.45. The number of pyridine rings is 1. The zero-order valence-corrected chi connectivity index (χ0v) is 22.1. The number of nitrogens with one attached hydrogen (secondary N) is 1. The van der Waals surface area contributed by atoms with Gasteiger partial charge in [-0.15, -0.1) is 23.1 Å². The maximum Gasteiger partial charge on any atom is 0.241 e. The second-order valence-corrected chi connectivity index (χ2v) is 11.3. The molecule has 2 aromatic heterocycles. The molecule has 4 aromatic rings. The minimum Gasteiger partial charge on any atom is -0.497 e. The lowest BCUT2D eigenvalue weighted by Gasteiger charge is -2.24. The van der Waals surface area contributed by atoms with Gasteiger partial charge in [0, 0.05) is 36.3 Å². The fourth-order valence-corrected chi connectivity index (χ4v) is 6.49. The Hall–Kier alpha value is -3.14. The lowest BCUT2D eigenvalue weighted by molar-refractivity contribution is -0.120. The predicted octanol–water partition coefficient (Wildman–Crippen LogP) is 5.39. The standard InChI is InChI=1S/C27H28N4O3S2/c1-17-29-23-12-19(7-8-25(23)35-17)30-27(32)24-14-22(36-26-6-4-5-9-28-26)16-31(24)15-18-10-20(33-2)13-21(11-18)34-3/h4-13,22,24H,14-16H2,1-3H3,(H,30,32)/t22-,24+/m1/s1. The van der Waals surface area contributed by atoms with Gasteiger partial charge in [-0.2, -0.15) is 0 Å². The van der Waals surface area contributed by atoms with Crippen molar-refractivity contribution in [3.05, 3.63) is 71.4 Å². The van der Waals surface area contributed by atoms with Crippen LogP contribution >= 0.6 is 23.1 Å². The molecule has 1 N–H and O–H groups in total. The molecule has 36 heavy (non-hydrogen) atoms. The predicted molar refractivity (Wildman–Crippen MR) is 145 cm³/mol. The highest BCUT2D eigenvalue weighted by Crippen LogP contribution is 2.34. The highest BCUT2D eigenvalue weighted by molar-refractivity contribution is 7.99. The molecule has 5 rings (SSSR count). The second kappa shape index (κ2) is 10.9. The van der Waals surface area contributed by atoms with Crippen molar-refractivity contribution in [2.24, 2.45) is 0 Å². The summed E-state index contributed by atoms with van der Waals surface area (Å²) in [5.41, 5.74) is 2.71. The third kappa shape index (κ3) is 5.64. The third-order valence-electron chi connectivity index (χ3n) is 6.15. The van der Waals surface area contributed by atoms with Crippen LogP contribution in [0.2, 0.25) is 0 Å². The van der Waals surface area contributed by atoms with E-state index in [2.05, 4.69) is 20.2 Å². The molecule has 0 bridgehead atoms. The van der Waals surface area contributed by atoms with Gasteiger partial charge in [-0.25, -0.2) is 9.97 Å². The second-order valence-electron chi connectivity index (χ2n) is 8.71. The number of fused-ring (bicyclic) bond motifs is 1. The molecule has 1 saturated heterocycles. The van der Waals surface area contributed by atoms with Crippen molar-refractivity contribution in [1.29, 1.82) is 0 Å². The Balaban J connectivity index is 1.37. The molecule has 0 aliphatic carbocycles. The van der Waals surface area contributed by atoms with Gasteiger partial charge in [-0.3, -0.25) is 9.69 Å². The van der Waals surface area contributed by atoms with E-state index in [1.54, 1.807) is 43.5 Å². The Labute approximate surface area is 218 Å². The van der Waals surface area contributed by atoms with Crippen LogP contribution in [0.1, 0.15) is 17.0 Å². The number of anilines is 1. The number of ether oxygens (including phenoxy) is 2. The number of aryl methyl sites for hydroxylation is 1. The van der Waals surface area contributed by atoms with E-state index in [4.69, 9.17) is 9.47 Å². The topological polar surface area (TPSA) is 76.6 Å². The largest absolute Gasteiger partial charge is 0.497 e. The first-order valence-electron chi connectivity index (χ1n) is 11.7. The van der Waals surface area contributed by atoms with Crippen molar-refractivity contribution in [2.75, 3.05) is 26.1 Å². The van der Waals surface area contributed by atoms with Crippen molar-refractivity contribution < 1.29 is 14.3 Å². The average molecular weight is 521 g/mol. The molecular formula is C27H28N4O3S2. The van der Waals surface area contributed by atoms with Gasteiger partial charge in [-0.1, -0.05) is 6.07 Å². The lowest BCUT2D eigenvalue weighted by atomic mass is 10.1. The number of hydrogen-bond acceptors (Lipinski definition) is 8. The van der Waals surface area contributed by atoms with Crippen molar-refractivity contribution in [1.82, 2.24) is 14.9 Å². The van der Waals surface area contributed by atoms with E-state index in [0.29, 0.717) is 6.54 Å². The maximum atomic E-state index is 13.6. The van der Waals surface area contributed by atoms with E-state index in [-0.39, 0.29) is 17.2 Å². The fraction of sp³-hybridized carbons (Fsp3) is 0.296. The van der Waals surface area contributed by atoms with Gasteiger partial charge in [0.2, 0.25) is 5.91 Å². The van der Waals surface area contributed by atoms with Crippen LogP contribution in [0.15, 0.2) is 65.8 Å². The number of methoxy groups -OCH3 is 2. The molecule has 2 aromatic carbocycles. The summed E-state index contributed by atoms with van der Waals surface area (Å²) in [4.78, 5) is 24.8. The van der Waals surface area contributed by atoms with Crippen LogP contribution < -0.4 is 14.8 Å². The first-order valence-corrected chi connectivity index (χ1v) is 13.4. The SMILES string of the molecule is COc1cc(CN2C[C@H](Sc3ccccn3)C[C@H]2C(=O)Nc2ccc3sc(C)nc3c2)cc(OC)c1. The van der Waals surface area contributed by atoms with E-state index < -0.39 is 0 Å². The zero-order chi connectivity index (χ0) is 25.1. The van der Waals surface area contributed by atoms with Crippen LogP contribution in [-0.2, 0) is 11.3 Å². The molecule has 9 heteroatoms. The maximum absolute atomic E-state index is 13.6. The van der Waals surface area contributed by atoms with Crippen LogP contribution in [0, 0.1) is 6.92 Å². The minimum absolute atomic E-state index is 0.0136. The number of thiazole rings is 1. The molecule has 186 valence electrons. The van der Waals surface area contributed by atoms with Gasteiger partial charge >= 0.3 is 0 Å². The number of likely N-dealkylation sites (tertiary alicyclic amines) is 1. The normalized spacial score (nSPS) is 17.9. The molecule has 1 amide bonds. The molecule has 1 aliphatic rings. The Morgan fingerprint density at radius 2 is 1.94 bits per heavy atom. The van der Waals surface area contributed by atoms with Crippen LogP contribution in [0.4, 0.5) is 5.69 Å². The van der Waals surface area contributed by atoms with Crippen LogP contribution in [-0.4, -0.2) is 52.8 Å². The molecule has 3 heterocycles. The van der Waals surface area contributed by atoms with Crippen molar-refractivity contribution in [2.45, 2.75) is 36.2 Å². The van der Waals surface area contributed by atoms with Crippen LogP contribution in [0.3, 0.4) is 0 Å². The molecule has 1 fully saturated rings. The van der Waals surface area contributed by atoms with Crippen molar-refractivity contribution >= 4 is 44.9 Å². The molecule has 0 saturated carbocycles. The number of carbonyl (C=O) groups excluding carboxylic acids is 1. The number of nitrogens with zero attached hydrogens (tertiary/aromatic N) is 3. The highest BCUT2D eigenvalue weighted by Gasteiger charge is 2.37. The van der Waals surface area contributed by atoms with E-state index in [9.17, 15) is 4.79 Å². The summed E-state index contributed by atoms with van der Waals surface area (Å²) in [7, 11) is 3.29. The Morgan fingerprint density at radius 1 is 1.14 bits per heavy atom. The lowest BCUT2D eigenvalue weighted by Crippen LogP contribution is -2.39. The summed E-state index contributed by atoms with van der Waals surface area (Å²) in [5.74, 6) is 1.45. The van der Waals surface area contributed by atoms with Gasteiger partial charge < -0.3 is 14.8 Å². The summed E-state index contributed by atoms with van der Waals surface area (Å²) in [6.07, 6.45) is 2.53. The fourth-order valence-electron chi connectivity index (χ4n) is 4.52. The summed E-state index contributed by atoms with van der Waals surface area (Å²) in [6.45, 7) is 3.37. The highest BCUT2D eigenvalue weighted by atomic mass is 32.2. The zero-order valence-electron chi connectivity index (χ0n) is 20.4. The number of amides is 1. The Bertz CT molecular complexity index is 1340. The molecular weight excluding hydrogens is 492 g/mol. The molecule has 0 unspecified atom stereocenters. The third-order valence-corrected chi connectivity index (χ3v) is 8.26. The first kappa shape index (κ1) is 24.5. The van der Waals surface area contributed by atoms with Crippen LogP contribution in [0.5, 0.6) is 11.5 Å². The number of thioether (sulfide) groups is 1. The van der Waals surface area contributed by atoms with Gasteiger partial charge in [0.25, 0.3) is 0 Å². The quantitative estimate of drug-likeness (QED) is 0.334. The number of benzene rings is 2. The van der Waals surface area contributed by atoms with E-state index in [1.807, 2.05) is 61.5 Å². The van der Waals surface area contributed by atoms with Gasteiger partial charge in [0.05, 0.1) is 40.5 Å². The van der Waals surface area contributed by atoms with Crippen molar-refractivity contribution in [3.8, 4) is 11.5 Å². The molecule has 0 spiro atoms. The molecule has 0 radical (unpaired) electrons. The Morgan fingerprint density at radius 3 is 2.67 bits per heavy atom. The van der Waals surface area contributed by atoms with Gasteiger partial charge in [0.1, 0.15) is 11.5 Å². The number of rotatable bonds is 8. The molecule has 1 aliphatic heterocycles. The van der Waals surface area contributed by atoms with Crippen LogP contribution in [0.25, 0.3) is 10.2 Å². The van der Waals surface area contributed by atoms with E-state index in [0.717, 1.165) is 56.0 Å². The summed E-state index contributed by atoms with van der Waals surface area (Å²) >= 11 is 3.37. The minimum atomic E-state index is -0.281. The van der Waals surface area contributed by atoms with Gasteiger partial charge in [0.15, 0.2) is 0 Å². The summed E-state index contributed by atoms with van der Waals surface area (Å²) in [6, 6.07) is 17.4. The van der Waals surface area contributed by atoms with Crippen molar-refractivity contribution in [3.63, 3.8) is 0 Å². The number of aromatic nitrogens is 2. The van der Waals surface area contributed by atoms with E-state index in [1.165, 1.54) is 0 Å². The number of hydrogen-bond donors (Lipinski definition) is 1. The van der Waals surface area contributed by atoms with E-state index >= 15 is 0 Å². The first-order chi connectivity index (χ1) is 17.5. The Kier molecular flexibility index (Phi) is 7.41. The summed E-state index contributed by atoms with van der Waals surface area (Å²) in [5, 5.41) is 5.36. The molecule has 2 atom stereocenters.